The van der Waals surface area contributed by atoms with E-state index >= 15 is 0 Å². The lowest BCUT2D eigenvalue weighted by Gasteiger charge is -2.41. The Morgan fingerprint density at radius 2 is 1.86 bits per heavy atom. The van der Waals surface area contributed by atoms with E-state index < -0.39 is 42.9 Å². The van der Waals surface area contributed by atoms with Gasteiger partial charge in [0.15, 0.2) is 5.82 Å². The summed E-state index contributed by atoms with van der Waals surface area (Å²) in [6, 6.07) is 8.33. The Labute approximate surface area is 220 Å². The van der Waals surface area contributed by atoms with Crippen molar-refractivity contribution in [2.24, 2.45) is 0 Å². The van der Waals surface area contributed by atoms with Crippen molar-refractivity contribution in [2.75, 3.05) is 6.61 Å². The molecule has 0 bridgehead atoms. The Bertz CT molecular complexity index is 1450. The van der Waals surface area contributed by atoms with Gasteiger partial charge in [0.2, 0.25) is 0 Å². The van der Waals surface area contributed by atoms with Crippen molar-refractivity contribution < 1.29 is 24.4 Å². The molecule has 0 amide bonds. The zero-order valence-electron chi connectivity index (χ0n) is 19.7. The molecular formula is C24H23Cl2FN6O4. The lowest BCUT2D eigenvalue weighted by molar-refractivity contribution is -0.210. The van der Waals surface area contributed by atoms with Crippen molar-refractivity contribution in [2.45, 2.75) is 44.3 Å². The first kappa shape index (κ1) is 25.7. The highest BCUT2D eigenvalue weighted by atomic mass is 35.5. The van der Waals surface area contributed by atoms with Crippen LogP contribution in [0.1, 0.15) is 29.4 Å². The zero-order chi connectivity index (χ0) is 26.4. The van der Waals surface area contributed by atoms with E-state index in [-0.39, 0.29) is 10.8 Å². The van der Waals surface area contributed by atoms with Gasteiger partial charge < -0.3 is 20.1 Å². The highest BCUT2D eigenvalue weighted by Crippen LogP contribution is 2.39. The third-order valence-corrected chi connectivity index (χ3v) is 6.84. The van der Waals surface area contributed by atoms with Crippen LogP contribution in [-0.2, 0) is 4.74 Å². The maximum Gasteiger partial charge on any atom is 0.164 e. The maximum atomic E-state index is 13.6. The molecule has 0 radical (unpaired) electrons. The molecule has 2 aromatic heterocycles. The van der Waals surface area contributed by atoms with E-state index in [1.54, 1.807) is 19.1 Å². The Morgan fingerprint density at radius 1 is 1.08 bits per heavy atom. The van der Waals surface area contributed by atoms with Gasteiger partial charge in [0.1, 0.15) is 47.8 Å². The molecule has 1 saturated heterocycles. The SMILES string of the molecule is Cc1nc([C@@H]2O[C@H](CO)[C@H](O)[C@H](n3cc(-c4ccc(F)c(Cl)c4)nn3)[C@H]2O)n(-c2cc(Cl)ccc2C)n1. The zero-order valence-corrected chi connectivity index (χ0v) is 21.2. The number of aliphatic hydroxyl groups excluding tert-OH is 3. The molecule has 3 N–H and O–H groups in total. The fourth-order valence-corrected chi connectivity index (χ4v) is 4.79. The van der Waals surface area contributed by atoms with Gasteiger partial charge in [-0.1, -0.05) is 34.5 Å². The summed E-state index contributed by atoms with van der Waals surface area (Å²) in [7, 11) is 0. The van der Waals surface area contributed by atoms with E-state index in [0.29, 0.717) is 27.8 Å². The highest BCUT2D eigenvalue weighted by Gasteiger charge is 2.48. The molecule has 0 saturated carbocycles. The van der Waals surface area contributed by atoms with Crippen molar-refractivity contribution in [1.82, 2.24) is 29.8 Å². The number of aryl methyl sites for hydroxylation is 2. The molecule has 4 aromatic rings. The van der Waals surface area contributed by atoms with Crippen molar-refractivity contribution in [3.63, 3.8) is 0 Å². The van der Waals surface area contributed by atoms with E-state index in [1.165, 1.54) is 33.8 Å². The van der Waals surface area contributed by atoms with Crippen molar-refractivity contribution in [3.8, 4) is 16.9 Å². The molecule has 1 fully saturated rings. The van der Waals surface area contributed by atoms with Crippen LogP contribution < -0.4 is 0 Å². The minimum atomic E-state index is -1.37. The Morgan fingerprint density at radius 3 is 2.59 bits per heavy atom. The van der Waals surface area contributed by atoms with Gasteiger partial charge in [-0.15, -0.1) is 5.10 Å². The van der Waals surface area contributed by atoms with E-state index in [9.17, 15) is 19.7 Å². The molecular weight excluding hydrogens is 526 g/mol. The molecule has 1 aliphatic heterocycles. The second-order valence-corrected chi connectivity index (χ2v) is 9.67. The van der Waals surface area contributed by atoms with Crippen LogP contribution in [0.15, 0.2) is 42.6 Å². The first-order valence-electron chi connectivity index (χ1n) is 11.4. The molecule has 0 unspecified atom stereocenters. The largest absolute Gasteiger partial charge is 0.394 e. The monoisotopic (exact) mass is 548 g/mol. The summed E-state index contributed by atoms with van der Waals surface area (Å²) in [5.41, 5.74) is 2.34. The summed E-state index contributed by atoms with van der Waals surface area (Å²) in [6.45, 7) is 3.05. The lowest BCUT2D eigenvalue weighted by Crippen LogP contribution is -2.53. The summed E-state index contributed by atoms with van der Waals surface area (Å²) in [4.78, 5) is 4.49. The van der Waals surface area contributed by atoms with Crippen molar-refractivity contribution in [1.29, 1.82) is 0 Å². The Hall–Kier alpha value is -2.93. The van der Waals surface area contributed by atoms with Crippen LogP contribution in [0.4, 0.5) is 4.39 Å². The number of hydrogen-bond donors (Lipinski definition) is 3. The van der Waals surface area contributed by atoms with E-state index in [4.69, 9.17) is 27.9 Å². The fourth-order valence-electron chi connectivity index (χ4n) is 4.44. The van der Waals surface area contributed by atoms with Crippen LogP contribution in [-0.4, -0.2) is 70.0 Å². The molecule has 13 heteroatoms. The van der Waals surface area contributed by atoms with Gasteiger partial charge in [-0.2, -0.15) is 5.10 Å². The summed E-state index contributed by atoms with van der Waals surface area (Å²) in [6.07, 6.45) is -3.39. The van der Waals surface area contributed by atoms with Gasteiger partial charge in [-0.25, -0.2) is 18.7 Å². The molecule has 10 nitrogen and oxygen atoms in total. The van der Waals surface area contributed by atoms with Gasteiger partial charge in [0, 0.05) is 10.6 Å². The third-order valence-electron chi connectivity index (χ3n) is 6.32. The normalized spacial score (nSPS) is 23.9. The van der Waals surface area contributed by atoms with Gasteiger partial charge in [0.25, 0.3) is 0 Å². The number of ether oxygens (including phenoxy) is 1. The van der Waals surface area contributed by atoms with Gasteiger partial charge in [0.05, 0.1) is 23.5 Å². The number of hydrogen-bond acceptors (Lipinski definition) is 8. The molecule has 194 valence electrons. The van der Waals surface area contributed by atoms with E-state index in [1.807, 2.05) is 13.0 Å². The summed E-state index contributed by atoms with van der Waals surface area (Å²) in [5.74, 6) is 0.108. The topological polar surface area (TPSA) is 131 Å². The average Bonchev–Trinajstić information content (AvgIpc) is 3.50. The summed E-state index contributed by atoms with van der Waals surface area (Å²) < 4.78 is 22.4. The molecule has 5 rings (SSSR count). The second kappa shape index (κ2) is 10.1. The number of halogens is 3. The molecule has 2 aromatic carbocycles. The van der Waals surface area contributed by atoms with E-state index in [0.717, 1.165) is 5.56 Å². The molecule has 0 spiro atoms. The molecule has 1 aliphatic rings. The van der Waals surface area contributed by atoms with Crippen LogP contribution in [0.2, 0.25) is 10.0 Å². The second-order valence-electron chi connectivity index (χ2n) is 8.82. The first-order valence-corrected chi connectivity index (χ1v) is 12.1. The molecule has 37 heavy (non-hydrogen) atoms. The van der Waals surface area contributed by atoms with Crippen LogP contribution >= 0.6 is 23.2 Å². The minimum Gasteiger partial charge on any atom is -0.394 e. The average molecular weight is 549 g/mol. The third kappa shape index (κ3) is 4.74. The smallest absolute Gasteiger partial charge is 0.164 e. The summed E-state index contributed by atoms with van der Waals surface area (Å²) >= 11 is 12.1. The van der Waals surface area contributed by atoms with Crippen LogP contribution in [0.25, 0.3) is 16.9 Å². The molecule has 3 heterocycles. The molecule has 5 atom stereocenters. The lowest BCUT2D eigenvalue weighted by atomic mass is 9.92. The summed E-state index contributed by atoms with van der Waals surface area (Å²) in [5, 5.41) is 45.5. The quantitative estimate of drug-likeness (QED) is 0.347. The predicted octanol–water partition coefficient (Wildman–Crippen LogP) is 2.98. The molecule has 0 aliphatic carbocycles. The highest BCUT2D eigenvalue weighted by molar-refractivity contribution is 6.31. The number of aromatic nitrogens is 6. The number of aliphatic hydroxyl groups is 3. The van der Waals surface area contributed by atoms with Crippen molar-refractivity contribution in [3.05, 3.63) is 75.7 Å². The van der Waals surface area contributed by atoms with Crippen LogP contribution in [0.3, 0.4) is 0 Å². The number of rotatable bonds is 5. The Balaban J connectivity index is 1.55. The van der Waals surface area contributed by atoms with Gasteiger partial charge in [-0.05, 0) is 49.7 Å². The first-order chi connectivity index (χ1) is 17.7. The van der Waals surface area contributed by atoms with Crippen LogP contribution in [0, 0.1) is 19.7 Å². The van der Waals surface area contributed by atoms with Gasteiger partial charge >= 0.3 is 0 Å². The Kier molecular flexibility index (Phi) is 7.01. The minimum absolute atomic E-state index is 0.0791. The van der Waals surface area contributed by atoms with E-state index in [2.05, 4.69) is 20.4 Å². The predicted molar refractivity (Wildman–Crippen MR) is 132 cm³/mol. The van der Waals surface area contributed by atoms with Crippen molar-refractivity contribution >= 4 is 23.2 Å². The maximum absolute atomic E-state index is 13.6. The number of nitrogens with zero attached hydrogens (tertiary/aromatic N) is 6. The standard InChI is InChI=1S/C24H23Cl2FN6O4/c1-11-3-5-14(25)8-18(11)33-24(28-12(2)30-33)23-22(36)20(21(35)19(10-34)37-23)32-9-17(29-31-32)13-4-6-16(27)15(26)7-13/h3-9,19-23,34-36H,10H2,1-2H3/t19-,20+,21+,22-,23-/m1/s1. The fraction of sp³-hybridized carbons (Fsp3) is 0.333. The van der Waals surface area contributed by atoms with Gasteiger partial charge in [-0.3, -0.25) is 0 Å². The van der Waals surface area contributed by atoms with Crippen LogP contribution in [0.5, 0.6) is 0 Å². The number of benzene rings is 2.